The van der Waals surface area contributed by atoms with Gasteiger partial charge in [-0.3, -0.25) is 19.7 Å². The van der Waals surface area contributed by atoms with Gasteiger partial charge in [0.1, 0.15) is 0 Å². The lowest BCUT2D eigenvalue weighted by Gasteiger charge is -2.19. The van der Waals surface area contributed by atoms with Crippen molar-refractivity contribution >= 4 is 17.5 Å². The molecule has 8 heteroatoms. The van der Waals surface area contributed by atoms with Gasteiger partial charge in [0.15, 0.2) is 5.75 Å². The summed E-state index contributed by atoms with van der Waals surface area (Å²) >= 11 is 0. The van der Waals surface area contributed by atoms with E-state index in [1.165, 1.54) is 29.0 Å². The van der Waals surface area contributed by atoms with E-state index in [1.54, 1.807) is 21.0 Å². The second-order valence-electron chi connectivity index (χ2n) is 4.82. The van der Waals surface area contributed by atoms with Crippen LogP contribution in [0.25, 0.3) is 0 Å². The summed E-state index contributed by atoms with van der Waals surface area (Å²) in [4.78, 5) is 36.9. The molecule has 0 heterocycles. The van der Waals surface area contributed by atoms with Crippen LogP contribution in [0.5, 0.6) is 5.75 Å². The quantitative estimate of drug-likeness (QED) is 0.580. The van der Waals surface area contributed by atoms with Crippen LogP contribution in [0.2, 0.25) is 0 Å². The van der Waals surface area contributed by atoms with Gasteiger partial charge in [-0.15, -0.1) is 0 Å². The molecule has 1 aromatic rings. The Morgan fingerprint density at radius 2 is 1.91 bits per heavy atom. The van der Waals surface area contributed by atoms with Crippen molar-refractivity contribution in [3.63, 3.8) is 0 Å². The average Bonchev–Trinajstić information content (AvgIpc) is 2.46. The van der Waals surface area contributed by atoms with E-state index < -0.39 is 10.8 Å². The van der Waals surface area contributed by atoms with Gasteiger partial charge in [-0.05, 0) is 19.1 Å². The van der Waals surface area contributed by atoms with Crippen LogP contribution in [0.15, 0.2) is 18.2 Å². The Hall–Kier alpha value is -2.64. The van der Waals surface area contributed by atoms with E-state index >= 15 is 0 Å². The second kappa shape index (κ2) is 7.39. The second-order valence-corrected chi connectivity index (χ2v) is 4.82. The van der Waals surface area contributed by atoms with Gasteiger partial charge in [0, 0.05) is 32.8 Å². The van der Waals surface area contributed by atoms with Crippen LogP contribution in [0, 0.1) is 10.1 Å². The Bertz CT molecular complexity index is 586. The fraction of sp³-hybridized carbons (Fsp3) is 0.429. The van der Waals surface area contributed by atoms with Gasteiger partial charge in [0.2, 0.25) is 5.91 Å². The number of likely N-dealkylation sites (N-methyl/N-ethyl adjacent to an activating group) is 2. The molecule has 0 spiro atoms. The zero-order chi connectivity index (χ0) is 16.9. The number of nitrogens with zero attached hydrogens (tertiary/aromatic N) is 3. The number of ether oxygens (including phenoxy) is 1. The first-order valence-electron chi connectivity index (χ1n) is 6.64. The normalized spacial score (nSPS) is 10.0. The van der Waals surface area contributed by atoms with Crippen molar-refractivity contribution in [3.05, 3.63) is 33.9 Å². The number of nitro benzene ring substituents is 1. The summed E-state index contributed by atoms with van der Waals surface area (Å²) < 4.78 is 5.16. The molecule has 0 N–H and O–H groups in total. The summed E-state index contributed by atoms with van der Waals surface area (Å²) in [5.74, 6) is -0.603. The Morgan fingerprint density at radius 3 is 2.41 bits per heavy atom. The Kier molecular flexibility index (Phi) is 5.85. The third kappa shape index (κ3) is 4.18. The zero-order valence-electron chi connectivity index (χ0n) is 13.0. The molecule has 120 valence electrons. The molecule has 0 saturated carbocycles. The fourth-order valence-corrected chi connectivity index (χ4v) is 1.71. The van der Waals surface area contributed by atoms with Crippen molar-refractivity contribution in [1.82, 2.24) is 9.80 Å². The molecule has 0 saturated heterocycles. The number of hydrogen-bond donors (Lipinski definition) is 0. The molecule has 0 aliphatic rings. The van der Waals surface area contributed by atoms with Crippen molar-refractivity contribution < 1.29 is 19.2 Å². The van der Waals surface area contributed by atoms with Crippen molar-refractivity contribution in [3.8, 4) is 5.75 Å². The number of amides is 2. The predicted octanol–water partition coefficient (Wildman–Crippen LogP) is 1.15. The lowest BCUT2D eigenvalue weighted by Crippen LogP contribution is -2.37. The summed E-state index contributed by atoms with van der Waals surface area (Å²) in [6.45, 7) is 1.89. The first kappa shape index (κ1) is 17.4. The van der Waals surface area contributed by atoms with Crippen LogP contribution >= 0.6 is 0 Å². The largest absolute Gasteiger partial charge is 0.487 e. The van der Waals surface area contributed by atoms with Crippen molar-refractivity contribution in [2.24, 2.45) is 0 Å². The highest BCUT2D eigenvalue weighted by molar-refractivity contribution is 5.97. The van der Waals surface area contributed by atoms with Crippen LogP contribution in [0.3, 0.4) is 0 Å². The summed E-state index contributed by atoms with van der Waals surface area (Å²) in [5.41, 5.74) is -0.149. The molecule has 0 atom stereocenters. The molecular weight excluding hydrogens is 290 g/mol. The van der Waals surface area contributed by atoms with E-state index in [0.717, 1.165) is 6.07 Å². The highest BCUT2D eigenvalue weighted by atomic mass is 16.6. The maximum atomic E-state index is 12.2. The smallest absolute Gasteiger partial charge is 0.311 e. The number of carbonyl (C=O) groups excluding carboxylic acids is 2. The minimum absolute atomic E-state index is 0.104. The summed E-state index contributed by atoms with van der Waals surface area (Å²) in [5, 5.41) is 11.0. The molecule has 0 bridgehead atoms. The molecule has 0 aromatic heterocycles. The number of benzene rings is 1. The fourth-order valence-electron chi connectivity index (χ4n) is 1.71. The molecule has 2 amide bonds. The van der Waals surface area contributed by atoms with Crippen LogP contribution < -0.4 is 4.74 Å². The number of nitro groups is 1. The van der Waals surface area contributed by atoms with Crippen LogP contribution in [-0.4, -0.2) is 60.8 Å². The first-order valence-corrected chi connectivity index (χ1v) is 6.64. The Morgan fingerprint density at radius 1 is 1.27 bits per heavy atom. The number of hydrogen-bond acceptors (Lipinski definition) is 5. The summed E-state index contributed by atoms with van der Waals surface area (Å²) in [6.07, 6.45) is 0. The van der Waals surface area contributed by atoms with Crippen LogP contribution in [0.4, 0.5) is 5.69 Å². The number of carbonyl (C=O) groups is 2. The molecular formula is C14H19N3O5. The van der Waals surface area contributed by atoms with Gasteiger partial charge >= 0.3 is 5.69 Å². The van der Waals surface area contributed by atoms with Gasteiger partial charge in [0.25, 0.3) is 5.91 Å². The first-order chi connectivity index (χ1) is 10.3. The molecule has 0 radical (unpaired) electrons. The van der Waals surface area contributed by atoms with Crippen LogP contribution in [-0.2, 0) is 4.79 Å². The van der Waals surface area contributed by atoms with E-state index in [0.29, 0.717) is 0 Å². The summed E-state index contributed by atoms with van der Waals surface area (Å²) in [6, 6.07) is 3.98. The highest BCUT2D eigenvalue weighted by Gasteiger charge is 2.21. The standard InChI is InChI=1S/C14H19N3O5/c1-5-22-12-7-6-10(8-11(12)17(20)21)14(19)16(4)9-13(18)15(2)3/h6-8H,5,9H2,1-4H3. The zero-order valence-corrected chi connectivity index (χ0v) is 13.0. The lowest BCUT2D eigenvalue weighted by atomic mass is 10.1. The third-order valence-corrected chi connectivity index (χ3v) is 2.92. The van der Waals surface area contributed by atoms with Gasteiger partial charge < -0.3 is 14.5 Å². The van der Waals surface area contributed by atoms with E-state index in [1.807, 2.05) is 0 Å². The van der Waals surface area contributed by atoms with Crippen molar-refractivity contribution in [2.45, 2.75) is 6.92 Å². The molecule has 8 nitrogen and oxygen atoms in total. The summed E-state index contributed by atoms with van der Waals surface area (Å²) in [7, 11) is 4.64. The highest BCUT2D eigenvalue weighted by Crippen LogP contribution is 2.28. The van der Waals surface area contributed by atoms with Crippen molar-refractivity contribution in [1.29, 1.82) is 0 Å². The number of rotatable bonds is 6. The van der Waals surface area contributed by atoms with Gasteiger partial charge in [-0.25, -0.2) is 0 Å². The Labute approximate surface area is 128 Å². The molecule has 0 aliphatic heterocycles. The van der Waals surface area contributed by atoms with E-state index in [4.69, 9.17) is 4.74 Å². The molecule has 0 unspecified atom stereocenters. The molecule has 22 heavy (non-hydrogen) atoms. The van der Waals surface area contributed by atoms with Crippen molar-refractivity contribution in [2.75, 3.05) is 34.3 Å². The maximum absolute atomic E-state index is 12.2. The molecule has 1 rings (SSSR count). The molecule has 0 fully saturated rings. The minimum atomic E-state index is -0.604. The van der Waals surface area contributed by atoms with E-state index in [9.17, 15) is 19.7 Å². The Balaban J connectivity index is 3.01. The third-order valence-electron chi connectivity index (χ3n) is 2.92. The topological polar surface area (TPSA) is 93.0 Å². The SMILES string of the molecule is CCOc1ccc(C(=O)N(C)CC(=O)N(C)C)cc1[N+](=O)[O-]. The maximum Gasteiger partial charge on any atom is 0.311 e. The predicted molar refractivity (Wildman–Crippen MR) is 79.9 cm³/mol. The van der Waals surface area contributed by atoms with E-state index in [-0.39, 0.29) is 36.1 Å². The van der Waals surface area contributed by atoms with E-state index in [2.05, 4.69) is 0 Å². The molecule has 0 aliphatic carbocycles. The van der Waals surface area contributed by atoms with Gasteiger partial charge in [0.05, 0.1) is 18.1 Å². The minimum Gasteiger partial charge on any atom is -0.487 e. The van der Waals surface area contributed by atoms with Gasteiger partial charge in [-0.1, -0.05) is 0 Å². The molecule has 1 aromatic carbocycles. The average molecular weight is 309 g/mol. The van der Waals surface area contributed by atoms with Crippen LogP contribution in [0.1, 0.15) is 17.3 Å². The van der Waals surface area contributed by atoms with Gasteiger partial charge in [-0.2, -0.15) is 0 Å². The monoisotopic (exact) mass is 309 g/mol. The lowest BCUT2D eigenvalue weighted by molar-refractivity contribution is -0.385.